The average Bonchev–Trinajstić information content (AvgIpc) is 2.88. The van der Waals surface area contributed by atoms with Crippen molar-refractivity contribution in [3.8, 4) is 0 Å². The van der Waals surface area contributed by atoms with Crippen LogP contribution in [-0.2, 0) is 13.1 Å². The van der Waals surface area contributed by atoms with Crippen molar-refractivity contribution in [1.29, 1.82) is 0 Å². The molecule has 0 aromatic carbocycles. The fraction of sp³-hybridized carbons (Fsp3) is 0.600. The topological polar surface area (TPSA) is 55.9 Å². The van der Waals surface area contributed by atoms with Crippen molar-refractivity contribution in [3.63, 3.8) is 0 Å². The summed E-state index contributed by atoms with van der Waals surface area (Å²) in [5, 5.41) is 12.1. The van der Waals surface area contributed by atoms with Crippen molar-refractivity contribution in [2.75, 3.05) is 6.54 Å². The first-order valence-corrected chi connectivity index (χ1v) is 7.13. The third kappa shape index (κ3) is 3.48. The van der Waals surface area contributed by atoms with Gasteiger partial charge >= 0.3 is 0 Å². The van der Waals surface area contributed by atoms with E-state index in [0.29, 0.717) is 12.5 Å². The van der Waals surface area contributed by atoms with Gasteiger partial charge < -0.3 is 9.84 Å². The molecule has 1 N–H and O–H groups in total. The van der Waals surface area contributed by atoms with Gasteiger partial charge in [0.1, 0.15) is 11.5 Å². The molecule has 0 saturated heterocycles. The van der Waals surface area contributed by atoms with Gasteiger partial charge in [0.05, 0.1) is 12.2 Å². The Hall–Kier alpha value is -1.62. The van der Waals surface area contributed by atoms with Gasteiger partial charge in [0.25, 0.3) is 0 Å². The van der Waals surface area contributed by atoms with E-state index in [4.69, 9.17) is 4.52 Å². The van der Waals surface area contributed by atoms with E-state index in [-0.39, 0.29) is 0 Å². The number of aryl methyl sites for hydroxylation is 2. The molecule has 0 atom stereocenters. The molecule has 0 amide bonds. The summed E-state index contributed by atoms with van der Waals surface area (Å²) in [4.78, 5) is 0. The Morgan fingerprint density at radius 2 is 2.05 bits per heavy atom. The average molecular weight is 276 g/mol. The van der Waals surface area contributed by atoms with Crippen LogP contribution in [0, 0.1) is 26.7 Å². The quantitative estimate of drug-likeness (QED) is 0.881. The van der Waals surface area contributed by atoms with Crippen molar-refractivity contribution >= 4 is 0 Å². The fourth-order valence-corrected chi connectivity index (χ4v) is 2.28. The maximum Gasteiger partial charge on any atom is 0.133 e. The highest BCUT2D eigenvalue weighted by Crippen LogP contribution is 2.14. The normalized spacial score (nSPS) is 11.5. The summed E-state index contributed by atoms with van der Waals surface area (Å²) in [7, 11) is 0. The van der Waals surface area contributed by atoms with Gasteiger partial charge in [0.15, 0.2) is 0 Å². The highest BCUT2D eigenvalue weighted by atomic mass is 16.5. The van der Waals surface area contributed by atoms with Crippen LogP contribution >= 0.6 is 0 Å². The molecule has 110 valence electrons. The number of nitrogens with zero attached hydrogens (tertiary/aromatic N) is 3. The van der Waals surface area contributed by atoms with E-state index in [1.807, 2.05) is 17.7 Å². The van der Waals surface area contributed by atoms with Crippen molar-refractivity contribution in [2.45, 2.75) is 47.7 Å². The molecule has 2 rings (SSSR count). The molecule has 2 aromatic heterocycles. The first-order chi connectivity index (χ1) is 9.47. The SMILES string of the molecule is Cc1cc(Cn2nc(C)c(CNCC(C)C)c2C)no1. The Morgan fingerprint density at radius 3 is 2.65 bits per heavy atom. The van der Waals surface area contributed by atoms with E-state index in [9.17, 15) is 0 Å². The summed E-state index contributed by atoms with van der Waals surface area (Å²) >= 11 is 0. The largest absolute Gasteiger partial charge is 0.361 e. The van der Waals surface area contributed by atoms with Gasteiger partial charge in [-0.25, -0.2) is 0 Å². The Morgan fingerprint density at radius 1 is 1.30 bits per heavy atom. The van der Waals surface area contributed by atoms with Gasteiger partial charge in [-0.3, -0.25) is 4.68 Å². The molecular weight excluding hydrogens is 252 g/mol. The second-order valence-corrected chi connectivity index (χ2v) is 5.76. The van der Waals surface area contributed by atoms with Gasteiger partial charge in [-0.05, 0) is 33.2 Å². The van der Waals surface area contributed by atoms with E-state index in [1.165, 1.54) is 11.3 Å². The van der Waals surface area contributed by atoms with Crippen LogP contribution < -0.4 is 5.32 Å². The lowest BCUT2D eigenvalue weighted by molar-refractivity contribution is 0.387. The minimum Gasteiger partial charge on any atom is -0.361 e. The van der Waals surface area contributed by atoms with Gasteiger partial charge in [-0.15, -0.1) is 0 Å². The molecule has 5 heteroatoms. The van der Waals surface area contributed by atoms with Gasteiger partial charge in [0, 0.05) is 23.9 Å². The van der Waals surface area contributed by atoms with Crippen LogP contribution in [0.25, 0.3) is 0 Å². The van der Waals surface area contributed by atoms with Crippen molar-refractivity contribution in [1.82, 2.24) is 20.3 Å². The lowest BCUT2D eigenvalue weighted by Gasteiger charge is -2.08. The number of rotatable bonds is 6. The van der Waals surface area contributed by atoms with E-state index in [2.05, 4.69) is 43.3 Å². The smallest absolute Gasteiger partial charge is 0.133 e. The maximum atomic E-state index is 5.10. The molecule has 20 heavy (non-hydrogen) atoms. The van der Waals surface area contributed by atoms with Crippen LogP contribution in [0.15, 0.2) is 10.6 Å². The second kappa shape index (κ2) is 6.22. The lowest BCUT2D eigenvalue weighted by atomic mass is 10.2. The standard InChI is InChI=1S/C15H24N4O/c1-10(2)7-16-8-15-12(4)17-19(13(15)5)9-14-6-11(3)20-18-14/h6,10,16H,7-9H2,1-5H3. The highest BCUT2D eigenvalue weighted by Gasteiger charge is 2.12. The molecule has 0 spiro atoms. The zero-order valence-electron chi connectivity index (χ0n) is 13.0. The summed E-state index contributed by atoms with van der Waals surface area (Å²) in [6, 6.07) is 1.95. The molecule has 0 saturated carbocycles. The Bertz CT molecular complexity index is 568. The number of nitrogens with one attached hydrogen (secondary N) is 1. The Balaban J connectivity index is 2.08. The lowest BCUT2D eigenvalue weighted by Crippen LogP contribution is -2.19. The summed E-state index contributed by atoms with van der Waals surface area (Å²) in [5.41, 5.74) is 4.47. The van der Waals surface area contributed by atoms with Gasteiger partial charge in [-0.2, -0.15) is 5.10 Å². The van der Waals surface area contributed by atoms with Gasteiger partial charge in [-0.1, -0.05) is 19.0 Å². The molecule has 5 nitrogen and oxygen atoms in total. The highest BCUT2D eigenvalue weighted by molar-refractivity contribution is 5.25. The van der Waals surface area contributed by atoms with Crippen LogP contribution in [0.2, 0.25) is 0 Å². The van der Waals surface area contributed by atoms with Crippen molar-refractivity contribution in [2.24, 2.45) is 5.92 Å². The third-order valence-electron chi connectivity index (χ3n) is 3.37. The van der Waals surface area contributed by atoms with Crippen LogP contribution in [0.1, 0.15) is 42.3 Å². The van der Waals surface area contributed by atoms with Crippen LogP contribution in [-0.4, -0.2) is 21.5 Å². The van der Waals surface area contributed by atoms with Crippen LogP contribution in [0.3, 0.4) is 0 Å². The van der Waals surface area contributed by atoms with Crippen LogP contribution in [0.4, 0.5) is 0 Å². The summed E-state index contributed by atoms with van der Waals surface area (Å²) in [6.07, 6.45) is 0. The molecule has 0 aliphatic carbocycles. The number of hydrogen-bond donors (Lipinski definition) is 1. The minimum atomic E-state index is 0.656. The zero-order chi connectivity index (χ0) is 14.7. The molecule has 0 unspecified atom stereocenters. The number of hydrogen-bond acceptors (Lipinski definition) is 4. The fourth-order valence-electron chi connectivity index (χ4n) is 2.28. The first-order valence-electron chi connectivity index (χ1n) is 7.13. The Kier molecular flexibility index (Phi) is 4.60. The molecule has 2 heterocycles. The third-order valence-corrected chi connectivity index (χ3v) is 3.37. The zero-order valence-corrected chi connectivity index (χ0v) is 13.0. The molecule has 0 fully saturated rings. The predicted molar refractivity (Wildman–Crippen MR) is 78.6 cm³/mol. The maximum absolute atomic E-state index is 5.10. The summed E-state index contributed by atoms with van der Waals surface area (Å²) in [6.45, 7) is 13.0. The molecule has 2 aromatic rings. The van der Waals surface area contributed by atoms with E-state index >= 15 is 0 Å². The first kappa shape index (κ1) is 14.8. The molecule has 0 radical (unpaired) electrons. The van der Waals surface area contributed by atoms with Crippen LogP contribution in [0.5, 0.6) is 0 Å². The summed E-state index contributed by atoms with van der Waals surface area (Å²) in [5.74, 6) is 1.49. The van der Waals surface area contributed by atoms with Crippen molar-refractivity contribution < 1.29 is 4.52 Å². The Labute approximate surface area is 120 Å². The summed E-state index contributed by atoms with van der Waals surface area (Å²) < 4.78 is 7.10. The number of aromatic nitrogens is 3. The van der Waals surface area contributed by atoms with E-state index in [0.717, 1.165) is 30.2 Å². The van der Waals surface area contributed by atoms with Crippen molar-refractivity contribution in [3.05, 3.63) is 34.5 Å². The monoisotopic (exact) mass is 276 g/mol. The predicted octanol–water partition coefficient (Wildman–Crippen LogP) is 2.59. The minimum absolute atomic E-state index is 0.656. The molecule has 0 aliphatic heterocycles. The second-order valence-electron chi connectivity index (χ2n) is 5.76. The molecule has 0 aliphatic rings. The van der Waals surface area contributed by atoms with E-state index in [1.54, 1.807) is 0 Å². The van der Waals surface area contributed by atoms with Gasteiger partial charge in [0.2, 0.25) is 0 Å². The molecule has 0 bridgehead atoms. The molecular formula is C15H24N4O. The van der Waals surface area contributed by atoms with E-state index < -0.39 is 0 Å².